The highest BCUT2D eigenvalue weighted by molar-refractivity contribution is 7.15. The predicted octanol–water partition coefficient (Wildman–Crippen LogP) is 3.61. The van der Waals surface area contributed by atoms with Gasteiger partial charge in [-0.15, -0.1) is 11.3 Å². The Hall–Kier alpha value is -2.14. The number of pyridine rings is 1. The molecule has 0 spiro atoms. The van der Waals surface area contributed by atoms with E-state index in [2.05, 4.69) is 37.0 Å². The predicted molar refractivity (Wildman–Crippen MR) is 93.7 cm³/mol. The van der Waals surface area contributed by atoms with Gasteiger partial charge in [0.15, 0.2) is 0 Å². The number of hydrogen-bond donors (Lipinski definition) is 0. The van der Waals surface area contributed by atoms with Crippen molar-refractivity contribution in [2.24, 2.45) is 0 Å². The maximum Gasteiger partial charge on any atom is 0.242 e. The van der Waals surface area contributed by atoms with E-state index in [0.717, 1.165) is 41.7 Å². The second-order valence-electron chi connectivity index (χ2n) is 6.18. The molecule has 1 aliphatic heterocycles. The molecule has 0 radical (unpaired) electrons. The first-order chi connectivity index (χ1) is 11.1. The van der Waals surface area contributed by atoms with Crippen LogP contribution in [0.3, 0.4) is 0 Å². The summed E-state index contributed by atoms with van der Waals surface area (Å²) in [6.07, 6.45) is 5.10. The van der Waals surface area contributed by atoms with Crippen LogP contribution in [0.1, 0.15) is 16.9 Å². The normalized spacial score (nSPS) is 14.3. The monoisotopic (exact) mass is 325 g/mol. The highest BCUT2D eigenvalue weighted by Crippen LogP contribution is 2.30. The van der Waals surface area contributed by atoms with E-state index >= 15 is 0 Å². The number of carbonyl (C=O) groups is 1. The van der Waals surface area contributed by atoms with Gasteiger partial charge in [0.25, 0.3) is 0 Å². The average molecular weight is 325 g/mol. The Balaban J connectivity index is 1.73. The molecule has 4 rings (SSSR count). The van der Waals surface area contributed by atoms with E-state index in [9.17, 15) is 4.79 Å². The van der Waals surface area contributed by atoms with Gasteiger partial charge in [-0.3, -0.25) is 9.78 Å². The molecule has 118 valence electrons. The second-order valence-corrected chi connectivity index (χ2v) is 7.46. The van der Waals surface area contributed by atoms with Crippen molar-refractivity contribution in [3.8, 4) is 10.4 Å². The van der Waals surface area contributed by atoms with Crippen LogP contribution < -0.4 is 0 Å². The molecule has 3 aromatic heterocycles. The van der Waals surface area contributed by atoms with Crippen LogP contribution in [0.2, 0.25) is 0 Å². The average Bonchev–Trinajstić information content (AvgIpc) is 3.02. The van der Waals surface area contributed by atoms with Crippen molar-refractivity contribution < 1.29 is 4.79 Å². The molecule has 0 aromatic carbocycles. The van der Waals surface area contributed by atoms with Crippen molar-refractivity contribution in [1.82, 2.24) is 14.5 Å². The first-order valence-corrected chi connectivity index (χ1v) is 8.73. The fraction of sp³-hybridized carbons (Fsp3) is 0.333. The van der Waals surface area contributed by atoms with E-state index in [0.29, 0.717) is 6.54 Å². The number of likely N-dealkylation sites (tertiary alicyclic amines) is 1. The number of rotatable bonds is 3. The SMILES string of the molecule is Cc1ccc(-c2cnc3c(C)cn(CC(=O)N4CCC4)c3c2)s1. The number of aromatic nitrogens is 2. The van der Waals surface area contributed by atoms with Gasteiger partial charge >= 0.3 is 0 Å². The second kappa shape index (κ2) is 5.49. The van der Waals surface area contributed by atoms with Gasteiger partial charge in [-0.2, -0.15) is 0 Å². The van der Waals surface area contributed by atoms with E-state index in [4.69, 9.17) is 0 Å². The van der Waals surface area contributed by atoms with Gasteiger partial charge in [-0.1, -0.05) is 0 Å². The Bertz CT molecular complexity index is 889. The van der Waals surface area contributed by atoms with Crippen LogP contribution in [-0.2, 0) is 11.3 Å². The fourth-order valence-corrected chi connectivity index (χ4v) is 3.86. The number of hydrogen-bond acceptors (Lipinski definition) is 3. The van der Waals surface area contributed by atoms with Gasteiger partial charge in [0.1, 0.15) is 6.54 Å². The Kier molecular flexibility index (Phi) is 3.45. The van der Waals surface area contributed by atoms with Crippen molar-refractivity contribution >= 4 is 28.3 Å². The lowest BCUT2D eigenvalue weighted by atomic mass is 10.2. The lowest BCUT2D eigenvalue weighted by Crippen LogP contribution is -2.43. The third-order valence-electron chi connectivity index (χ3n) is 4.44. The Morgan fingerprint density at radius 1 is 1.30 bits per heavy atom. The van der Waals surface area contributed by atoms with E-state index < -0.39 is 0 Å². The Morgan fingerprint density at radius 2 is 2.13 bits per heavy atom. The molecule has 4 heterocycles. The smallest absolute Gasteiger partial charge is 0.242 e. The molecule has 4 nitrogen and oxygen atoms in total. The van der Waals surface area contributed by atoms with Crippen molar-refractivity contribution in [1.29, 1.82) is 0 Å². The molecule has 0 bridgehead atoms. The van der Waals surface area contributed by atoms with Crippen molar-refractivity contribution in [3.05, 3.63) is 41.0 Å². The van der Waals surface area contributed by atoms with Crippen LogP contribution >= 0.6 is 11.3 Å². The first kappa shape index (κ1) is 14.5. The van der Waals surface area contributed by atoms with Gasteiger partial charge in [-0.05, 0) is 44.0 Å². The van der Waals surface area contributed by atoms with Crippen molar-refractivity contribution in [2.75, 3.05) is 13.1 Å². The topological polar surface area (TPSA) is 38.1 Å². The summed E-state index contributed by atoms with van der Waals surface area (Å²) < 4.78 is 2.04. The molecule has 5 heteroatoms. The summed E-state index contributed by atoms with van der Waals surface area (Å²) in [7, 11) is 0. The standard InChI is InChI=1S/C18H19N3OS/c1-12-10-21(11-17(22)20-6-3-7-20)15-8-14(9-19-18(12)15)16-5-4-13(2)23-16/h4-5,8-10H,3,6-7,11H2,1-2H3. The van der Waals surface area contributed by atoms with E-state index in [1.165, 1.54) is 9.75 Å². The number of fused-ring (bicyclic) bond motifs is 1. The summed E-state index contributed by atoms with van der Waals surface area (Å²) in [6.45, 7) is 6.36. The zero-order valence-electron chi connectivity index (χ0n) is 13.4. The van der Waals surface area contributed by atoms with Crippen LogP contribution in [-0.4, -0.2) is 33.4 Å². The highest BCUT2D eigenvalue weighted by atomic mass is 32.1. The maximum absolute atomic E-state index is 12.3. The highest BCUT2D eigenvalue weighted by Gasteiger charge is 2.21. The summed E-state index contributed by atoms with van der Waals surface area (Å²) in [6, 6.07) is 6.42. The zero-order valence-corrected chi connectivity index (χ0v) is 14.2. The van der Waals surface area contributed by atoms with Crippen molar-refractivity contribution in [3.63, 3.8) is 0 Å². The minimum Gasteiger partial charge on any atom is -0.341 e. The molecule has 0 N–H and O–H groups in total. The summed E-state index contributed by atoms with van der Waals surface area (Å²) in [4.78, 5) is 21.4. The van der Waals surface area contributed by atoms with Crippen LogP contribution in [0.25, 0.3) is 21.5 Å². The molecule has 1 amide bonds. The zero-order chi connectivity index (χ0) is 16.0. The number of amides is 1. The summed E-state index contributed by atoms with van der Waals surface area (Å²) in [5.74, 6) is 0.200. The molecule has 0 aliphatic carbocycles. The van der Waals surface area contributed by atoms with Crippen LogP contribution in [0.4, 0.5) is 0 Å². The van der Waals surface area contributed by atoms with Crippen molar-refractivity contribution in [2.45, 2.75) is 26.8 Å². The van der Waals surface area contributed by atoms with Crippen LogP contribution in [0, 0.1) is 13.8 Å². The molecular weight excluding hydrogens is 306 g/mol. The lowest BCUT2D eigenvalue weighted by molar-refractivity contribution is -0.135. The van der Waals surface area contributed by atoms with Gasteiger partial charge < -0.3 is 9.47 Å². The first-order valence-electron chi connectivity index (χ1n) is 7.92. The largest absolute Gasteiger partial charge is 0.341 e. The van der Waals surface area contributed by atoms with Gasteiger partial charge in [0, 0.05) is 40.8 Å². The molecule has 0 saturated carbocycles. The minimum absolute atomic E-state index is 0.200. The van der Waals surface area contributed by atoms with E-state index in [1.54, 1.807) is 11.3 Å². The van der Waals surface area contributed by atoms with Gasteiger partial charge in [0.05, 0.1) is 11.0 Å². The molecule has 1 fully saturated rings. The molecule has 1 saturated heterocycles. The Labute approximate surface area is 139 Å². The molecular formula is C18H19N3OS. The third kappa shape index (κ3) is 2.55. The quantitative estimate of drug-likeness (QED) is 0.738. The Morgan fingerprint density at radius 3 is 2.78 bits per heavy atom. The third-order valence-corrected chi connectivity index (χ3v) is 5.49. The summed E-state index contributed by atoms with van der Waals surface area (Å²) in [5.41, 5.74) is 4.26. The minimum atomic E-state index is 0.200. The van der Waals surface area contributed by atoms with E-state index in [-0.39, 0.29) is 5.91 Å². The molecule has 1 aliphatic rings. The number of nitrogens with zero attached hydrogens (tertiary/aromatic N) is 3. The summed E-state index contributed by atoms with van der Waals surface area (Å²) in [5, 5.41) is 0. The molecule has 23 heavy (non-hydrogen) atoms. The molecule has 0 atom stereocenters. The molecule has 3 aromatic rings. The van der Waals surface area contributed by atoms with Gasteiger partial charge in [-0.25, -0.2) is 0 Å². The van der Waals surface area contributed by atoms with Crippen LogP contribution in [0.5, 0.6) is 0 Å². The molecule has 0 unspecified atom stereocenters. The fourth-order valence-electron chi connectivity index (χ4n) is 3.01. The van der Waals surface area contributed by atoms with E-state index in [1.807, 2.05) is 21.9 Å². The van der Waals surface area contributed by atoms with Crippen LogP contribution in [0.15, 0.2) is 30.6 Å². The number of carbonyl (C=O) groups excluding carboxylic acids is 1. The van der Waals surface area contributed by atoms with Gasteiger partial charge in [0.2, 0.25) is 5.91 Å². The maximum atomic E-state index is 12.3. The lowest BCUT2D eigenvalue weighted by Gasteiger charge is -2.31. The summed E-state index contributed by atoms with van der Waals surface area (Å²) >= 11 is 1.77. The number of thiophene rings is 1. The number of aryl methyl sites for hydroxylation is 2.